The summed E-state index contributed by atoms with van der Waals surface area (Å²) >= 11 is 7.61. The molecule has 1 aromatic carbocycles. The van der Waals surface area contributed by atoms with Gasteiger partial charge in [0.2, 0.25) is 5.91 Å². The largest absolute Gasteiger partial charge is 0.351 e. The molecule has 0 saturated heterocycles. The summed E-state index contributed by atoms with van der Waals surface area (Å²) in [6.45, 7) is 3.33. The number of thiophene rings is 1. The summed E-state index contributed by atoms with van der Waals surface area (Å²) in [4.78, 5) is 25.8. The maximum atomic E-state index is 12.3. The molecule has 1 heterocycles. The van der Waals surface area contributed by atoms with Crippen LogP contribution in [0.15, 0.2) is 41.1 Å². The second-order valence-corrected chi connectivity index (χ2v) is 6.20. The first-order valence-corrected chi connectivity index (χ1v) is 8.75. The van der Waals surface area contributed by atoms with Gasteiger partial charge in [-0.1, -0.05) is 29.8 Å². The normalized spacial score (nSPS) is 10.3. The molecule has 4 nitrogen and oxygen atoms in total. The van der Waals surface area contributed by atoms with Crippen molar-refractivity contribution in [2.75, 3.05) is 13.1 Å². The van der Waals surface area contributed by atoms with Gasteiger partial charge in [0.25, 0.3) is 5.91 Å². The molecule has 0 aliphatic carbocycles. The fraction of sp³-hybridized carbons (Fsp3) is 0.294. The van der Waals surface area contributed by atoms with Crippen molar-refractivity contribution in [1.82, 2.24) is 10.2 Å². The summed E-state index contributed by atoms with van der Waals surface area (Å²) in [5.41, 5.74) is 1.55. The molecule has 0 aliphatic rings. The van der Waals surface area contributed by atoms with E-state index in [0.717, 1.165) is 5.56 Å². The SMILES string of the molecule is CCN(Cc1ccccc1Cl)C(=O)CCNC(=O)c1ccsc1. The number of hydrogen-bond donors (Lipinski definition) is 1. The van der Waals surface area contributed by atoms with Crippen molar-refractivity contribution in [1.29, 1.82) is 0 Å². The van der Waals surface area contributed by atoms with Crippen LogP contribution in [0.25, 0.3) is 0 Å². The third-order valence-electron chi connectivity index (χ3n) is 3.46. The lowest BCUT2D eigenvalue weighted by Gasteiger charge is -2.21. The molecule has 23 heavy (non-hydrogen) atoms. The minimum atomic E-state index is -0.145. The average Bonchev–Trinajstić information content (AvgIpc) is 3.08. The van der Waals surface area contributed by atoms with Crippen molar-refractivity contribution in [2.45, 2.75) is 19.9 Å². The number of nitrogens with zero attached hydrogens (tertiary/aromatic N) is 1. The Bertz CT molecular complexity index is 658. The number of nitrogens with one attached hydrogen (secondary N) is 1. The number of amides is 2. The molecule has 0 fully saturated rings. The van der Waals surface area contributed by atoms with Gasteiger partial charge in [-0.3, -0.25) is 9.59 Å². The van der Waals surface area contributed by atoms with E-state index in [0.29, 0.717) is 30.2 Å². The van der Waals surface area contributed by atoms with E-state index >= 15 is 0 Å². The zero-order chi connectivity index (χ0) is 16.7. The third-order valence-corrected chi connectivity index (χ3v) is 4.51. The van der Waals surface area contributed by atoms with E-state index in [2.05, 4.69) is 5.32 Å². The summed E-state index contributed by atoms with van der Waals surface area (Å²) in [7, 11) is 0. The van der Waals surface area contributed by atoms with Crippen LogP contribution in [0, 0.1) is 0 Å². The highest BCUT2D eigenvalue weighted by Gasteiger charge is 2.14. The van der Waals surface area contributed by atoms with Gasteiger partial charge in [0.1, 0.15) is 0 Å². The van der Waals surface area contributed by atoms with Crippen molar-refractivity contribution in [3.8, 4) is 0 Å². The number of rotatable bonds is 7. The van der Waals surface area contributed by atoms with E-state index in [1.54, 1.807) is 16.3 Å². The number of carbonyl (C=O) groups is 2. The predicted octanol–water partition coefficient (Wildman–Crippen LogP) is 3.57. The van der Waals surface area contributed by atoms with Gasteiger partial charge in [0.15, 0.2) is 0 Å². The third kappa shape index (κ3) is 5.08. The number of halogens is 1. The average molecular weight is 351 g/mol. The minimum absolute atomic E-state index is 0.00182. The molecule has 0 spiro atoms. The van der Waals surface area contributed by atoms with E-state index in [-0.39, 0.29) is 18.2 Å². The summed E-state index contributed by atoms with van der Waals surface area (Å²) in [5.74, 6) is -0.147. The zero-order valence-corrected chi connectivity index (χ0v) is 14.5. The van der Waals surface area contributed by atoms with Crippen LogP contribution in [0.5, 0.6) is 0 Å². The second kappa shape index (κ2) is 8.70. The van der Waals surface area contributed by atoms with Crippen molar-refractivity contribution < 1.29 is 9.59 Å². The predicted molar refractivity (Wildman–Crippen MR) is 93.8 cm³/mol. The minimum Gasteiger partial charge on any atom is -0.351 e. The van der Waals surface area contributed by atoms with Crippen molar-refractivity contribution in [3.63, 3.8) is 0 Å². The van der Waals surface area contributed by atoms with Gasteiger partial charge >= 0.3 is 0 Å². The van der Waals surface area contributed by atoms with Gasteiger partial charge in [0.05, 0.1) is 0 Å². The second-order valence-electron chi connectivity index (χ2n) is 5.02. The Morgan fingerprint density at radius 3 is 2.70 bits per heavy atom. The van der Waals surface area contributed by atoms with Gasteiger partial charge in [-0.05, 0) is 30.0 Å². The summed E-state index contributed by atoms with van der Waals surface area (Å²) in [6.07, 6.45) is 0.272. The van der Waals surface area contributed by atoms with Gasteiger partial charge in [-0.25, -0.2) is 0 Å². The van der Waals surface area contributed by atoms with Crippen LogP contribution in [-0.2, 0) is 11.3 Å². The number of hydrogen-bond acceptors (Lipinski definition) is 3. The lowest BCUT2D eigenvalue weighted by molar-refractivity contribution is -0.131. The van der Waals surface area contributed by atoms with E-state index < -0.39 is 0 Å². The van der Waals surface area contributed by atoms with Crippen LogP contribution in [0.3, 0.4) is 0 Å². The molecule has 0 radical (unpaired) electrons. The fourth-order valence-electron chi connectivity index (χ4n) is 2.15. The van der Waals surface area contributed by atoms with Gasteiger partial charge in [0, 0.05) is 42.0 Å². The quantitative estimate of drug-likeness (QED) is 0.829. The molecule has 2 amide bonds. The number of benzene rings is 1. The van der Waals surface area contributed by atoms with Crippen LogP contribution < -0.4 is 5.32 Å². The van der Waals surface area contributed by atoms with Gasteiger partial charge < -0.3 is 10.2 Å². The summed E-state index contributed by atoms with van der Waals surface area (Å²) < 4.78 is 0. The first kappa shape index (κ1) is 17.5. The van der Waals surface area contributed by atoms with Crippen LogP contribution in [0.2, 0.25) is 5.02 Å². The van der Waals surface area contributed by atoms with Crippen LogP contribution in [0.4, 0.5) is 0 Å². The maximum Gasteiger partial charge on any atom is 0.252 e. The lowest BCUT2D eigenvalue weighted by atomic mass is 10.2. The Balaban J connectivity index is 1.83. The van der Waals surface area contributed by atoms with E-state index in [9.17, 15) is 9.59 Å². The molecular weight excluding hydrogens is 332 g/mol. The highest BCUT2D eigenvalue weighted by Crippen LogP contribution is 2.17. The number of carbonyl (C=O) groups excluding carboxylic acids is 2. The first-order chi connectivity index (χ1) is 11.1. The van der Waals surface area contributed by atoms with E-state index in [4.69, 9.17) is 11.6 Å². The fourth-order valence-corrected chi connectivity index (χ4v) is 2.98. The molecule has 0 atom stereocenters. The van der Waals surface area contributed by atoms with E-state index in [1.807, 2.05) is 36.6 Å². The van der Waals surface area contributed by atoms with Crippen LogP contribution in [-0.4, -0.2) is 29.8 Å². The molecule has 0 unspecified atom stereocenters. The molecule has 122 valence electrons. The van der Waals surface area contributed by atoms with Crippen molar-refractivity contribution in [3.05, 3.63) is 57.2 Å². The van der Waals surface area contributed by atoms with Gasteiger partial charge in [-0.15, -0.1) is 0 Å². The maximum absolute atomic E-state index is 12.3. The Labute approximate surface area is 145 Å². The Kier molecular flexibility index (Phi) is 6.62. The Hall–Kier alpha value is -1.85. The standard InChI is InChI=1S/C17H19ClN2O2S/c1-2-20(11-13-5-3-4-6-15(13)18)16(21)7-9-19-17(22)14-8-10-23-12-14/h3-6,8,10,12H,2,7,9,11H2,1H3,(H,19,22). The Morgan fingerprint density at radius 2 is 2.04 bits per heavy atom. The van der Waals surface area contributed by atoms with E-state index in [1.165, 1.54) is 11.3 Å². The smallest absolute Gasteiger partial charge is 0.252 e. The first-order valence-electron chi connectivity index (χ1n) is 7.43. The van der Waals surface area contributed by atoms with Crippen molar-refractivity contribution >= 4 is 34.8 Å². The van der Waals surface area contributed by atoms with Crippen LogP contribution in [0.1, 0.15) is 29.3 Å². The molecule has 0 saturated carbocycles. The topological polar surface area (TPSA) is 49.4 Å². The highest BCUT2D eigenvalue weighted by atomic mass is 35.5. The molecule has 1 N–H and O–H groups in total. The van der Waals surface area contributed by atoms with Crippen molar-refractivity contribution in [2.24, 2.45) is 0 Å². The Morgan fingerprint density at radius 1 is 1.26 bits per heavy atom. The lowest BCUT2D eigenvalue weighted by Crippen LogP contribution is -2.34. The molecule has 0 aliphatic heterocycles. The molecule has 0 bridgehead atoms. The van der Waals surface area contributed by atoms with Gasteiger partial charge in [-0.2, -0.15) is 11.3 Å². The zero-order valence-electron chi connectivity index (χ0n) is 12.9. The highest BCUT2D eigenvalue weighted by molar-refractivity contribution is 7.08. The summed E-state index contributed by atoms with van der Waals surface area (Å²) in [6, 6.07) is 9.26. The molecule has 2 aromatic rings. The monoisotopic (exact) mass is 350 g/mol. The van der Waals surface area contributed by atoms with Crippen LogP contribution >= 0.6 is 22.9 Å². The molecule has 1 aromatic heterocycles. The summed E-state index contributed by atoms with van der Waals surface area (Å²) in [5, 5.41) is 7.06. The molecular formula is C17H19ClN2O2S. The molecule has 6 heteroatoms. The molecule has 2 rings (SSSR count).